The number of alkyl halides is 3. The Labute approximate surface area is 230 Å². The van der Waals surface area contributed by atoms with Gasteiger partial charge in [-0.3, -0.25) is 4.79 Å². The smallest absolute Gasteiger partial charge is 0.353 e. The molecule has 6 nitrogen and oxygen atoms in total. The van der Waals surface area contributed by atoms with E-state index >= 15 is 0 Å². The van der Waals surface area contributed by atoms with E-state index in [0.717, 1.165) is 56.5 Å². The molecule has 2 N–H and O–H groups in total. The van der Waals surface area contributed by atoms with Gasteiger partial charge < -0.3 is 20.4 Å². The van der Waals surface area contributed by atoms with Crippen LogP contribution in [0.3, 0.4) is 0 Å². The maximum Gasteiger partial charge on any atom is 0.417 e. The van der Waals surface area contributed by atoms with E-state index in [9.17, 15) is 22.8 Å². The number of unbranched alkanes of at least 4 members (excludes halogenated alkanes) is 2. The second kappa shape index (κ2) is 14.4. The SMILES string of the molecule is O=C(/C=C/c1ccc(Cl)cc1)NCCCCCN1CCCN(C(=O)Nc2ccc(Cl)c(C(F)(F)F)c2)CC1. The van der Waals surface area contributed by atoms with Gasteiger partial charge in [0.05, 0.1) is 10.6 Å². The van der Waals surface area contributed by atoms with E-state index in [1.54, 1.807) is 23.1 Å². The summed E-state index contributed by atoms with van der Waals surface area (Å²) >= 11 is 11.5. The highest BCUT2D eigenvalue weighted by Crippen LogP contribution is 2.36. The molecule has 0 aromatic heterocycles. The Hall–Kier alpha value is -2.75. The summed E-state index contributed by atoms with van der Waals surface area (Å²) < 4.78 is 39.3. The Balaban J connectivity index is 1.32. The lowest BCUT2D eigenvalue weighted by molar-refractivity contribution is -0.137. The van der Waals surface area contributed by atoms with Crippen molar-refractivity contribution in [3.05, 3.63) is 69.7 Å². The van der Waals surface area contributed by atoms with Gasteiger partial charge in [0, 0.05) is 43.0 Å². The highest BCUT2D eigenvalue weighted by atomic mass is 35.5. The number of anilines is 1. The topological polar surface area (TPSA) is 64.7 Å². The molecule has 1 aliphatic heterocycles. The van der Waals surface area contributed by atoms with Gasteiger partial charge in [0.2, 0.25) is 5.91 Å². The number of benzene rings is 2. The number of urea groups is 1. The van der Waals surface area contributed by atoms with Gasteiger partial charge in [0.25, 0.3) is 0 Å². The van der Waals surface area contributed by atoms with E-state index < -0.39 is 22.8 Å². The highest BCUT2D eigenvalue weighted by molar-refractivity contribution is 6.31. The second-order valence-electron chi connectivity index (χ2n) is 9.04. The summed E-state index contributed by atoms with van der Waals surface area (Å²) in [5.41, 5.74) is -0.0213. The number of hydrogen-bond donors (Lipinski definition) is 2. The summed E-state index contributed by atoms with van der Waals surface area (Å²) in [7, 11) is 0. The van der Waals surface area contributed by atoms with E-state index in [0.29, 0.717) is 31.2 Å². The van der Waals surface area contributed by atoms with Crippen molar-refractivity contribution >= 4 is 46.9 Å². The lowest BCUT2D eigenvalue weighted by Gasteiger charge is -2.22. The Morgan fingerprint density at radius 1 is 0.947 bits per heavy atom. The Morgan fingerprint density at radius 2 is 1.71 bits per heavy atom. The minimum absolute atomic E-state index is 0.0559. The molecule has 3 rings (SSSR count). The standard InChI is InChI=1S/C27H31Cl2F3N4O2/c28-21-8-5-20(6-9-21)7-12-25(37)33-13-2-1-3-14-35-15-4-16-36(18-17-35)26(38)34-22-10-11-24(29)23(19-22)27(30,31)32/h5-12,19H,1-4,13-18H2,(H,33,37)(H,34,38)/b12-7+. The van der Waals surface area contributed by atoms with Crippen molar-refractivity contribution in [3.8, 4) is 0 Å². The van der Waals surface area contributed by atoms with Crippen LogP contribution in [0.1, 0.15) is 36.8 Å². The van der Waals surface area contributed by atoms with E-state index in [1.165, 1.54) is 12.1 Å². The Bertz CT molecular complexity index is 1110. The molecule has 0 spiro atoms. The fourth-order valence-electron chi connectivity index (χ4n) is 4.07. The third-order valence-electron chi connectivity index (χ3n) is 6.15. The predicted octanol–water partition coefficient (Wildman–Crippen LogP) is 6.55. The van der Waals surface area contributed by atoms with Crippen molar-refractivity contribution in [2.75, 3.05) is 44.6 Å². The summed E-state index contributed by atoms with van der Waals surface area (Å²) in [6, 6.07) is 10.1. The van der Waals surface area contributed by atoms with Crippen molar-refractivity contribution in [3.63, 3.8) is 0 Å². The number of amides is 3. The molecule has 206 valence electrons. The van der Waals surface area contributed by atoms with Crippen LogP contribution < -0.4 is 10.6 Å². The number of hydrogen-bond acceptors (Lipinski definition) is 3. The fraction of sp³-hybridized carbons (Fsp3) is 0.407. The van der Waals surface area contributed by atoms with Crippen molar-refractivity contribution in [1.29, 1.82) is 0 Å². The quantitative estimate of drug-likeness (QED) is 0.265. The van der Waals surface area contributed by atoms with Crippen molar-refractivity contribution in [2.24, 2.45) is 0 Å². The zero-order chi connectivity index (χ0) is 27.5. The first-order chi connectivity index (χ1) is 18.1. The van der Waals surface area contributed by atoms with Crippen LogP contribution in [0.15, 0.2) is 48.5 Å². The molecule has 1 aliphatic rings. The predicted molar refractivity (Wildman–Crippen MR) is 145 cm³/mol. The van der Waals surface area contributed by atoms with E-state index in [1.807, 2.05) is 12.1 Å². The maximum atomic E-state index is 13.1. The van der Waals surface area contributed by atoms with Gasteiger partial charge in [-0.05, 0) is 74.3 Å². The number of halogens is 5. The van der Waals surface area contributed by atoms with Crippen molar-refractivity contribution in [1.82, 2.24) is 15.1 Å². The van der Waals surface area contributed by atoms with Gasteiger partial charge in [-0.2, -0.15) is 13.2 Å². The maximum absolute atomic E-state index is 13.1. The molecule has 2 aromatic rings. The first-order valence-electron chi connectivity index (χ1n) is 12.5. The molecule has 38 heavy (non-hydrogen) atoms. The Morgan fingerprint density at radius 3 is 2.45 bits per heavy atom. The second-order valence-corrected chi connectivity index (χ2v) is 9.88. The molecule has 1 heterocycles. The van der Waals surface area contributed by atoms with Crippen molar-refractivity contribution in [2.45, 2.75) is 31.9 Å². The van der Waals surface area contributed by atoms with Crippen LogP contribution in [0, 0.1) is 0 Å². The van der Waals surface area contributed by atoms with Gasteiger partial charge in [0.15, 0.2) is 0 Å². The minimum atomic E-state index is -4.60. The monoisotopic (exact) mass is 570 g/mol. The van der Waals surface area contributed by atoms with Crippen LogP contribution in [0.2, 0.25) is 10.0 Å². The molecule has 0 bridgehead atoms. The summed E-state index contributed by atoms with van der Waals surface area (Å²) in [6.45, 7) is 4.02. The van der Waals surface area contributed by atoms with E-state index in [4.69, 9.17) is 23.2 Å². The van der Waals surface area contributed by atoms with Gasteiger partial charge in [-0.1, -0.05) is 41.8 Å². The van der Waals surface area contributed by atoms with Crippen LogP contribution >= 0.6 is 23.2 Å². The van der Waals surface area contributed by atoms with Crippen LogP contribution in [0.4, 0.5) is 23.7 Å². The van der Waals surface area contributed by atoms with Gasteiger partial charge in [-0.25, -0.2) is 4.79 Å². The summed E-state index contributed by atoms with van der Waals surface area (Å²) in [5, 5.41) is 5.67. The molecule has 0 saturated carbocycles. The third kappa shape index (κ3) is 9.85. The summed E-state index contributed by atoms with van der Waals surface area (Å²) in [4.78, 5) is 28.5. The molecular weight excluding hydrogens is 540 g/mol. The minimum Gasteiger partial charge on any atom is -0.353 e. The highest BCUT2D eigenvalue weighted by Gasteiger charge is 2.33. The lowest BCUT2D eigenvalue weighted by atomic mass is 10.2. The molecule has 1 saturated heterocycles. The van der Waals surface area contributed by atoms with E-state index in [2.05, 4.69) is 15.5 Å². The molecule has 0 radical (unpaired) electrons. The molecule has 0 aliphatic carbocycles. The zero-order valence-electron chi connectivity index (χ0n) is 20.9. The first kappa shape index (κ1) is 29.8. The summed E-state index contributed by atoms with van der Waals surface area (Å²) in [6.07, 6.45) is 2.21. The summed E-state index contributed by atoms with van der Waals surface area (Å²) in [5.74, 6) is -0.140. The molecule has 1 fully saturated rings. The van der Waals surface area contributed by atoms with E-state index in [-0.39, 0.29) is 11.6 Å². The van der Waals surface area contributed by atoms with Crippen LogP contribution in [0.25, 0.3) is 6.08 Å². The molecular formula is C27H31Cl2F3N4O2. The average molecular weight is 571 g/mol. The lowest BCUT2D eigenvalue weighted by Crippen LogP contribution is -2.38. The van der Waals surface area contributed by atoms with Crippen molar-refractivity contribution < 1.29 is 22.8 Å². The average Bonchev–Trinajstić information content (AvgIpc) is 3.12. The number of rotatable bonds is 9. The largest absolute Gasteiger partial charge is 0.417 e. The van der Waals surface area contributed by atoms with Crippen LogP contribution in [0.5, 0.6) is 0 Å². The third-order valence-corrected chi connectivity index (χ3v) is 6.73. The molecule has 2 aromatic carbocycles. The molecule has 3 amide bonds. The Kier molecular flexibility index (Phi) is 11.3. The number of nitrogens with one attached hydrogen (secondary N) is 2. The number of nitrogens with zero attached hydrogens (tertiary/aromatic N) is 2. The fourth-order valence-corrected chi connectivity index (χ4v) is 4.42. The zero-order valence-corrected chi connectivity index (χ0v) is 22.4. The molecule has 11 heteroatoms. The molecule has 0 atom stereocenters. The first-order valence-corrected chi connectivity index (χ1v) is 13.2. The van der Waals surface area contributed by atoms with Gasteiger partial charge >= 0.3 is 12.2 Å². The van der Waals surface area contributed by atoms with Crippen LogP contribution in [-0.4, -0.2) is 61.0 Å². The normalized spacial score (nSPS) is 14.9. The number of carbonyl (C=O) groups excluding carboxylic acids is 2. The number of carbonyl (C=O) groups is 2. The van der Waals surface area contributed by atoms with Gasteiger partial charge in [0.1, 0.15) is 0 Å². The van der Waals surface area contributed by atoms with Gasteiger partial charge in [-0.15, -0.1) is 0 Å². The van der Waals surface area contributed by atoms with Crippen LogP contribution in [-0.2, 0) is 11.0 Å². The molecule has 0 unspecified atom stereocenters.